The molecule has 94 valence electrons. The van der Waals surface area contributed by atoms with Gasteiger partial charge in [0.2, 0.25) is 0 Å². The second-order valence-electron chi connectivity index (χ2n) is 4.42. The van der Waals surface area contributed by atoms with E-state index >= 15 is 0 Å². The highest BCUT2D eigenvalue weighted by molar-refractivity contribution is 5.47. The lowest BCUT2D eigenvalue weighted by molar-refractivity contribution is 0.644. The van der Waals surface area contributed by atoms with Crippen LogP contribution < -0.4 is 10.4 Å². The van der Waals surface area contributed by atoms with Crippen LogP contribution in [0.3, 0.4) is 0 Å². The molecule has 0 amide bonds. The number of rotatable bonds is 5. The summed E-state index contributed by atoms with van der Waals surface area (Å²) in [7, 11) is 0. The van der Waals surface area contributed by atoms with E-state index in [9.17, 15) is 0 Å². The maximum Gasteiger partial charge on any atom is 0.0595 e. The van der Waals surface area contributed by atoms with Gasteiger partial charge in [0, 0.05) is 6.54 Å². The van der Waals surface area contributed by atoms with E-state index in [0.717, 1.165) is 13.1 Å². The lowest BCUT2D eigenvalue weighted by atomic mass is 10.2. The minimum absolute atomic E-state index is 0.873. The van der Waals surface area contributed by atoms with Gasteiger partial charge in [0.25, 0.3) is 0 Å². The summed E-state index contributed by atoms with van der Waals surface area (Å²) in [4.78, 5) is 0. The standard InChI is InChI=1S/C16H20N2/c1-3-17-18(13-15-7-5-4-6-8-15)16-11-9-14(2)10-12-16/h4-12,17H,3,13H2,1-2H3. The molecular weight excluding hydrogens is 220 g/mol. The topological polar surface area (TPSA) is 15.3 Å². The number of hydrogen-bond donors (Lipinski definition) is 1. The number of nitrogens with one attached hydrogen (secondary N) is 1. The van der Waals surface area contributed by atoms with Crippen molar-refractivity contribution in [2.75, 3.05) is 11.6 Å². The smallest absolute Gasteiger partial charge is 0.0595 e. The third-order valence-electron chi connectivity index (χ3n) is 2.88. The van der Waals surface area contributed by atoms with Crippen molar-refractivity contribution in [3.8, 4) is 0 Å². The lowest BCUT2D eigenvalue weighted by Crippen LogP contribution is -2.37. The summed E-state index contributed by atoms with van der Waals surface area (Å²) in [6.45, 7) is 6.02. The lowest BCUT2D eigenvalue weighted by Gasteiger charge is -2.25. The van der Waals surface area contributed by atoms with Gasteiger partial charge in [0.05, 0.1) is 12.2 Å². The maximum atomic E-state index is 3.40. The van der Waals surface area contributed by atoms with Crippen molar-refractivity contribution in [3.63, 3.8) is 0 Å². The van der Waals surface area contributed by atoms with Gasteiger partial charge in [-0.25, -0.2) is 5.43 Å². The summed E-state index contributed by atoms with van der Waals surface area (Å²) in [5.41, 5.74) is 7.19. The molecule has 0 bridgehead atoms. The van der Waals surface area contributed by atoms with Gasteiger partial charge < -0.3 is 5.01 Å². The zero-order chi connectivity index (χ0) is 12.8. The van der Waals surface area contributed by atoms with Crippen molar-refractivity contribution >= 4 is 5.69 Å². The highest BCUT2D eigenvalue weighted by atomic mass is 15.5. The first kappa shape index (κ1) is 12.7. The number of benzene rings is 2. The quantitative estimate of drug-likeness (QED) is 0.804. The molecule has 0 aliphatic rings. The Balaban J connectivity index is 2.15. The molecule has 1 N–H and O–H groups in total. The Morgan fingerprint density at radius 1 is 0.944 bits per heavy atom. The van der Waals surface area contributed by atoms with E-state index < -0.39 is 0 Å². The molecule has 0 radical (unpaired) electrons. The van der Waals surface area contributed by atoms with E-state index in [0.29, 0.717) is 0 Å². The number of hydrazine groups is 1. The van der Waals surface area contributed by atoms with Crippen LogP contribution in [0, 0.1) is 6.92 Å². The number of nitrogens with zero attached hydrogens (tertiary/aromatic N) is 1. The second-order valence-corrected chi connectivity index (χ2v) is 4.42. The van der Waals surface area contributed by atoms with Crippen molar-refractivity contribution < 1.29 is 0 Å². The average Bonchev–Trinajstić information content (AvgIpc) is 2.40. The Morgan fingerprint density at radius 2 is 1.61 bits per heavy atom. The molecule has 2 heteroatoms. The highest BCUT2D eigenvalue weighted by Crippen LogP contribution is 2.16. The first-order chi connectivity index (χ1) is 8.79. The van der Waals surface area contributed by atoms with E-state index in [2.05, 4.69) is 72.8 Å². The summed E-state index contributed by atoms with van der Waals surface area (Å²) in [5, 5.41) is 2.19. The molecule has 0 aliphatic heterocycles. The third-order valence-corrected chi connectivity index (χ3v) is 2.88. The summed E-state index contributed by atoms with van der Waals surface area (Å²) in [6.07, 6.45) is 0. The Labute approximate surface area is 109 Å². The van der Waals surface area contributed by atoms with E-state index in [-0.39, 0.29) is 0 Å². The molecule has 0 atom stereocenters. The molecule has 2 aromatic rings. The molecule has 2 nitrogen and oxygen atoms in total. The fourth-order valence-electron chi connectivity index (χ4n) is 1.92. The number of aryl methyl sites for hydroxylation is 1. The van der Waals surface area contributed by atoms with E-state index in [1.807, 2.05) is 6.07 Å². The van der Waals surface area contributed by atoms with Crippen LogP contribution in [0.5, 0.6) is 0 Å². The molecule has 0 saturated heterocycles. The van der Waals surface area contributed by atoms with Crippen molar-refractivity contribution in [2.45, 2.75) is 20.4 Å². The van der Waals surface area contributed by atoms with E-state index in [1.54, 1.807) is 0 Å². The SMILES string of the molecule is CCNN(Cc1ccccc1)c1ccc(C)cc1. The van der Waals surface area contributed by atoms with Crippen molar-refractivity contribution in [1.29, 1.82) is 0 Å². The van der Waals surface area contributed by atoms with Gasteiger partial charge in [-0.1, -0.05) is 55.0 Å². The zero-order valence-electron chi connectivity index (χ0n) is 11.1. The molecule has 2 aromatic carbocycles. The normalized spacial score (nSPS) is 10.3. The van der Waals surface area contributed by atoms with Crippen LogP contribution in [-0.2, 0) is 6.54 Å². The second kappa shape index (κ2) is 6.22. The Hall–Kier alpha value is -1.80. The molecule has 0 heterocycles. The Morgan fingerprint density at radius 3 is 2.22 bits per heavy atom. The van der Waals surface area contributed by atoms with Gasteiger partial charge >= 0.3 is 0 Å². The van der Waals surface area contributed by atoms with Gasteiger partial charge in [-0.3, -0.25) is 0 Å². The monoisotopic (exact) mass is 240 g/mol. The predicted octanol–water partition coefficient (Wildman–Crippen LogP) is 3.53. The van der Waals surface area contributed by atoms with Gasteiger partial charge in [0.1, 0.15) is 0 Å². The third kappa shape index (κ3) is 3.34. The molecule has 2 rings (SSSR count). The molecule has 0 fully saturated rings. The molecule has 0 spiro atoms. The van der Waals surface area contributed by atoms with Gasteiger partial charge in [-0.2, -0.15) is 0 Å². The zero-order valence-corrected chi connectivity index (χ0v) is 11.1. The first-order valence-electron chi connectivity index (χ1n) is 6.41. The average molecular weight is 240 g/mol. The summed E-state index contributed by atoms with van der Waals surface area (Å²) in [6, 6.07) is 19.1. The van der Waals surface area contributed by atoms with Gasteiger partial charge in [-0.05, 0) is 24.6 Å². The summed E-state index contributed by atoms with van der Waals surface area (Å²) in [5.74, 6) is 0. The van der Waals surface area contributed by atoms with Crippen LogP contribution in [0.2, 0.25) is 0 Å². The largest absolute Gasteiger partial charge is 0.304 e. The predicted molar refractivity (Wildman–Crippen MR) is 77.5 cm³/mol. The summed E-state index contributed by atoms with van der Waals surface area (Å²) < 4.78 is 0. The minimum Gasteiger partial charge on any atom is -0.304 e. The van der Waals surface area contributed by atoms with Crippen molar-refractivity contribution in [3.05, 3.63) is 65.7 Å². The maximum absolute atomic E-state index is 3.40. The van der Waals surface area contributed by atoms with Gasteiger partial charge in [0.15, 0.2) is 0 Å². The van der Waals surface area contributed by atoms with Crippen LogP contribution in [0.1, 0.15) is 18.1 Å². The summed E-state index contributed by atoms with van der Waals surface area (Å²) >= 11 is 0. The Bertz CT molecular complexity index is 462. The van der Waals surface area contributed by atoms with Crippen LogP contribution in [0.4, 0.5) is 5.69 Å². The van der Waals surface area contributed by atoms with Crippen LogP contribution in [-0.4, -0.2) is 6.54 Å². The van der Waals surface area contributed by atoms with Crippen LogP contribution in [0.15, 0.2) is 54.6 Å². The fraction of sp³-hybridized carbons (Fsp3) is 0.250. The molecule has 18 heavy (non-hydrogen) atoms. The van der Waals surface area contributed by atoms with Gasteiger partial charge in [-0.15, -0.1) is 0 Å². The molecule has 0 saturated carbocycles. The first-order valence-corrected chi connectivity index (χ1v) is 6.41. The highest BCUT2D eigenvalue weighted by Gasteiger charge is 2.05. The van der Waals surface area contributed by atoms with E-state index in [4.69, 9.17) is 0 Å². The Kier molecular flexibility index (Phi) is 4.37. The van der Waals surface area contributed by atoms with E-state index in [1.165, 1.54) is 16.8 Å². The molecular formula is C16H20N2. The van der Waals surface area contributed by atoms with Crippen LogP contribution in [0.25, 0.3) is 0 Å². The molecule has 0 aromatic heterocycles. The minimum atomic E-state index is 0.873. The molecule has 0 aliphatic carbocycles. The van der Waals surface area contributed by atoms with Crippen molar-refractivity contribution in [2.24, 2.45) is 0 Å². The van der Waals surface area contributed by atoms with Crippen molar-refractivity contribution in [1.82, 2.24) is 5.43 Å². The van der Waals surface area contributed by atoms with Crippen LogP contribution >= 0.6 is 0 Å². The number of anilines is 1. The fourth-order valence-corrected chi connectivity index (χ4v) is 1.92. The number of hydrogen-bond acceptors (Lipinski definition) is 2. The molecule has 0 unspecified atom stereocenters.